The monoisotopic (exact) mass is 287 g/mol. The van der Waals surface area contributed by atoms with Crippen LogP contribution >= 0.6 is 0 Å². The van der Waals surface area contributed by atoms with Gasteiger partial charge in [-0.3, -0.25) is 9.59 Å². The highest BCUT2D eigenvalue weighted by molar-refractivity contribution is 6.00. The summed E-state index contributed by atoms with van der Waals surface area (Å²) in [4.78, 5) is 35.5. The first-order valence-corrected chi connectivity index (χ1v) is 7.14. The first-order chi connectivity index (χ1) is 10.2. The maximum Gasteiger partial charge on any atom is 0.209 e. The van der Waals surface area contributed by atoms with Crippen LogP contribution in [-0.2, 0) is 16.0 Å². The van der Waals surface area contributed by atoms with E-state index in [-0.39, 0.29) is 5.78 Å². The molecule has 110 valence electrons. The predicted octanol–water partition coefficient (Wildman–Crippen LogP) is 1.38. The van der Waals surface area contributed by atoms with Crippen LogP contribution in [0.4, 0.5) is 0 Å². The van der Waals surface area contributed by atoms with Crippen molar-refractivity contribution in [1.29, 1.82) is 0 Å². The Kier molecular flexibility index (Phi) is 3.49. The fourth-order valence-electron chi connectivity index (χ4n) is 3.08. The van der Waals surface area contributed by atoms with Crippen molar-refractivity contribution in [3.8, 4) is 5.75 Å². The molecular formula is C16H17NO4. The summed E-state index contributed by atoms with van der Waals surface area (Å²) in [6, 6.07) is 5.35. The summed E-state index contributed by atoms with van der Waals surface area (Å²) >= 11 is 0. The van der Waals surface area contributed by atoms with Crippen LogP contribution in [0.25, 0.3) is 0 Å². The van der Waals surface area contributed by atoms with E-state index in [0.717, 1.165) is 18.3 Å². The summed E-state index contributed by atoms with van der Waals surface area (Å²) in [6.07, 6.45) is 3.67. The van der Waals surface area contributed by atoms with Crippen molar-refractivity contribution in [2.45, 2.75) is 31.3 Å². The number of likely N-dealkylation sites (tertiary alicyclic amines) is 1. The number of hydrogen-bond donors (Lipinski definition) is 0. The van der Waals surface area contributed by atoms with Gasteiger partial charge < -0.3 is 14.4 Å². The number of benzene rings is 1. The molecule has 21 heavy (non-hydrogen) atoms. The van der Waals surface area contributed by atoms with Crippen molar-refractivity contribution in [2.24, 2.45) is 0 Å². The van der Waals surface area contributed by atoms with E-state index in [9.17, 15) is 14.4 Å². The molecule has 1 fully saturated rings. The molecule has 0 radical (unpaired) electrons. The Hall–Kier alpha value is -2.17. The Morgan fingerprint density at radius 2 is 2.00 bits per heavy atom. The Labute approximate surface area is 122 Å². The van der Waals surface area contributed by atoms with E-state index >= 15 is 0 Å². The molecule has 2 aliphatic heterocycles. The largest absolute Gasteiger partial charge is 0.486 e. The fraction of sp³-hybridized carbons (Fsp3) is 0.438. The predicted molar refractivity (Wildman–Crippen MR) is 75.4 cm³/mol. The highest BCUT2D eigenvalue weighted by Gasteiger charge is 2.42. The molecule has 5 heteroatoms. The number of ketones is 1. The number of Topliss-reactive ketones (excluding diaryl/α,β-unsaturated/α-hetero) is 1. The Bertz CT molecular complexity index is 588. The lowest BCUT2D eigenvalue weighted by Gasteiger charge is -2.43. The highest BCUT2D eigenvalue weighted by atomic mass is 16.5. The van der Waals surface area contributed by atoms with E-state index in [1.165, 1.54) is 0 Å². The molecule has 2 aliphatic rings. The van der Waals surface area contributed by atoms with Crippen LogP contribution in [0.5, 0.6) is 5.75 Å². The van der Waals surface area contributed by atoms with Gasteiger partial charge >= 0.3 is 0 Å². The fourth-order valence-corrected chi connectivity index (χ4v) is 3.08. The Balaban J connectivity index is 1.84. The summed E-state index contributed by atoms with van der Waals surface area (Å²) in [5, 5.41) is 0. The molecule has 0 N–H and O–H groups in total. The molecule has 0 saturated carbocycles. The third kappa shape index (κ3) is 2.55. The Morgan fingerprint density at radius 1 is 1.24 bits per heavy atom. The van der Waals surface area contributed by atoms with Gasteiger partial charge in [0.15, 0.2) is 5.78 Å². The second kappa shape index (κ2) is 5.31. The number of amides is 1. The molecule has 1 amide bonds. The number of rotatable bonds is 3. The number of hydrogen-bond acceptors (Lipinski definition) is 4. The lowest BCUT2D eigenvalue weighted by molar-refractivity contribution is -0.121. The van der Waals surface area contributed by atoms with Crippen molar-refractivity contribution in [2.75, 3.05) is 13.1 Å². The zero-order valence-corrected chi connectivity index (χ0v) is 11.7. The number of fused-ring (bicyclic) bond motifs is 1. The van der Waals surface area contributed by atoms with Crippen LogP contribution in [0.3, 0.4) is 0 Å². The first kappa shape index (κ1) is 13.8. The molecule has 0 unspecified atom stereocenters. The van der Waals surface area contributed by atoms with E-state index in [4.69, 9.17) is 4.74 Å². The van der Waals surface area contributed by atoms with E-state index in [2.05, 4.69) is 0 Å². The number of piperidine rings is 1. The first-order valence-electron chi connectivity index (χ1n) is 7.14. The van der Waals surface area contributed by atoms with Gasteiger partial charge in [-0.1, -0.05) is 6.07 Å². The van der Waals surface area contributed by atoms with Gasteiger partial charge in [-0.25, -0.2) is 0 Å². The molecule has 1 spiro atoms. The van der Waals surface area contributed by atoms with Crippen molar-refractivity contribution in [3.05, 3.63) is 29.3 Å². The number of carbonyl (C=O) groups is 3. The molecule has 5 nitrogen and oxygen atoms in total. The molecule has 1 aromatic rings. The molecule has 1 saturated heterocycles. The molecule has 0 aromatic heterocycles. The summed E-state index contributed by atoms with van der Waals surface area (Å²) in [7, 11) is 0. The molecule has 0 atom stereocenters. The van der Waals surface area contributed by atoms with Gasteiger partial charge in [-0.05, 0) is 17.7 Å². The number of aldehydes is 1. The van der Waals surface area contributed by atoms with Crippen LogP contribution in [0.15, 0.2) is 18.2 Å². The minimum absolute atomic E-state index is 0.0588. The maximum atomic E-state index is 12.4. The smallest absolute Gasteiger partial charge is 0.209 e. The summed E-state index contributed by atoms with van der Waals surface area (Å²) < 4.78 is 6.11. The van der Waals surface area contributed by atoms with Gasteiger partial charge in [-0.15, -0.1) is 0 Å². The van der Waals surface area contributed by atoms with Crippen LogP contribution in [0.2, 0.25) is 0 Å². The lowest BCUT2D eigenvalue weighted by Crippen LogP contribution is -2.50. The zero-order chi connectivity index (χ0) is 14.9. The van der Waals surface area contributed by atoms with E-state index in [1.54, 1.807) is 17.0 Å². The molecule has 2 heterocycles. The molecule has 3 rings (SSSR count). The van der Waals surface area contributed by atoms with Crippen molar-refractivity contribution in [3.63, 3.8) is 0 Å². The van der Waals surface area contributed by atoms with Gasteiger partial charge in [-0.2, -0.15) is 0 Å². The summed E-state index contributed by atoms with van der Waals surface area (Å²) in [5.74, 6) is 0.656. The molecule has 1 aromatic carbocycles. The van der Waals surface area contributed by atoms with Crippen molar-refractivity contribution < 1.29 is 19.1 Å². The van der Waals surface area contributed by atoms with Crippen LogP contribution in [0, 0.1) is 0 Å². The maximum absolute atomic E-state index is 12.4. The van der Waals surface area contributed by atoms with Gasteiger partial charge in [0, 0.05) is 32.4 Å². The normalized spacial score (nSPS) is 19.8. The van der Waals surface area contributed by atoms with Crippen LogP contribution < -0.4 is 4.74 Å². The third-order valence-electron chi connectivity index (χ3n) is 4.33. The third-order valence-corrected chi connectivity index (χ3v) is 4.33. The van der Waals surface area contributed by atoms with Crippen molar-refractivity contribution >= 4 is 18.5 Å². The SMILES string of the molecule is O=CCc1ccc2c(c1)C(=O)CC1(CCN(C=O)CC1)O2. The number of nitrogens with zero attached hydrogens (tertiary/aromatic N) is 1. The average Bonchev–Trinajstić information content (AvgIpc) is 2.49. The topological polar surface area (TPSA) is 63.7 Å². The molecule has 0 aliphatic carbocycles. The number of ether oxygens (including phenoxy) is 1. The van der Waals surface area contributed by atoms with E-state index in [1.807, 2.05) is 6.07 Å². The summed E-state index contributed by atoms with van der Waals surface area (Å²) in [5.41, 5.74) is 0.917. The minimum Gasteiger partial charge on any atom is -0.486 e. The zero-order valence-electron chi connectivity index (χ0n) is 11.7. The molecular weight excluding hydrogens is 270 g/mol. The van der Waals surface area contributed by atoms with Gasteiger partial charge in [0.05, 0.1) is 12.0 Å². The average molecular weight is 287 g/mol. The number of carbonyl (C=O) groups excluding carboxylic acids is 3. The van der Waals surface area contributed by atoms with Crippen LogP contribution in [-0.4, -0.2) is 42.1 Å². The second-order valence-electron chi connectivity index (χ2n) is 5.73. The van der Waals surface area contributed by atoms with Crippen molar-refractivity contribution in [1.82, 2.24) is 4.90 Å². The second-order valence-corrected chi connectivity index (χ2v) is 5.73. The van der Waals surface area contributed by atoms with Gasteiger partial charge in [0.25, 0.3) is 0 Å². The standard InChI is InChI=1S/C16H17NO4/c18-8-3-12-1-2-15-13(9-12)14(20)10-16(21-15)4-6-17(11-19)7-5-16/h1-2,8-9,11H,3-7,10H2. The van der Waals surface area contributed by atoms with Gasteiger partial charge in [0.2, 0.25) is 6.41 Å². The summed E-state index contributed by atoms with van der Waals surface area (Å²) in [6.45, 7) is 1.24. The van der Waals surface area contributed by atoms with Crippen LogP contribution in [0.1, 0.15) is 35.2 Å². The highest BCUT2D eigenvalue weighted by Crippen LogP contribution is 2.39. The Morgan fingerprint density at radius 3 is 2.67 bits per heavy atom. The molecule has 0 bridgehead atoms. The quantitative estimate of drug-likeness (QED) is 0.788. The van der Waals surface area contributed by atoms with Gasteiger partial charge in [0.1, 0.15) is 17.6 Å². The lowest BCUT2D eigenvalue weighted by atomic mass is 9.82. The minimum atomic E-state index is -0.476. The van der Waals surface area contributed by atoms with E-state index < -0.39 is 5.60 Å². The van der Waals surface area contributed by atoms with E-state index in [0.29, 0.717) is 50.1 Å².